The summed E-state index contributed by atoms with van der Waals surface area (Å²) in [6.45, 7) is 2.06. The van der Waals surface area contributed by atoms with Gasteiger partial charge in [0.15, 0.2) is 0 Å². The molecule has 0 atom stereocenters. The lowest BCUT2D eigenvalue weighted by atomic mass is 10.3. The first-order chi connectivity index (χ1) is 9.46. The molecule has 5 nitrogen and oxygen atoms in total. The third-order valence-corrected chi connectivity index (χ3v) is 5.04. The predicted octanol–water partition coefficient (Wildman–Crippen LogP) is 2.53. The van der Waals surface area contributed by atoms with E-state index in [-0.39, 0.29) is 10.6 Å². The zero-order valence-corrected chi connectivity index (χ0v) is 12.4. The summed E-state index contributed by atoms with van der Waals surface area (Å²) < 4.78 is 26.6. The third-order valence-electron chi connectivity index (χ3n) is 2.79. The van der Waals surface area contributed by atoms with E-state index in [1.165, 1.54) is 22.5 Å². The molecule has 7 heteroatoms. The molecule has 1 heterocycles. The Balaban J connectivity index is 2.50. The van der Waals surface area contributed by atoms with Gasteiger partial charge >= 0.3 is 0 Å². The highest BCUT2D eigenvalue weighted by Crippen LogP contribution is 2.27. The van der Waals surface area contributed by atoms with Crippen LogP contribution in [0.1, 0.15) is 6.92 Å². The van der Waals surface area contributed by atoms with Crippen molar-refractivity contribution in [1.82, 2.24) is 4.98 Å². The smallest absolute Gasteiger partial charge is 0.264 e. The van der Waals surface area contributed by atoms with Gasteiger partial charge in [-0.25, -0.2) is 8.42 Å². The number of hydrogen-bond acceptors (Lipinski definition) is 4. The summed E-state index contributed by atoms with van der Waals surface area (Å²) in [5, 5.41) is 0.330. The number of pyridine rings is 1. The molecule has 0 saturated heterocycles. The maximum Gasteiger partial charge on any atom is 0.264 e. The van der Waals surface area contributed by atoms with Crippen LogP contribution in [0, 0.1) is 0 Å². The molecule has 0 spiro atoms. The molecular formula is C13H14ClN3O2S. The van der Waals surface area contributed by atoms with Crippen molar-refractivity contribution < 1.29 is 8.42 Å². The number of nitrogens with zero attached hydrogens (tertiary/aromatic N) is 2. The fourth-order valence-electron chi connectivity index (χ4n) is 1.81. The zero-order chi connectivity index (χ0) is 14.8. The lowest BCUT2D eigenvalue weighted by molar-refractivity contribution is 0.592. The lowest BCUT2D eigenvalue weighted by Crippen LogP contribution is -2.30. The van der Waals surface area contributed by atoms with Gasteiger partial charge in [-0.1, -0.05) is 11.6 Å². The Labute approximate surface area is 123 Å². The summed E-state index contributed by atoms with van der Waals surface area (Å²) in [6, 6.07) is 7.56. The second kappa shape index (κ2) is 5.68. The first-order valence-corrected chi connectivity index (χ1v) is 7.76. The molecular weight excluding hydrogens is 298 g/mol. The molecule has 0 aliphatic carbocycles. The standard InChI is InChI=1S/C13H14ClN3O2S/c1-2-17(10-5-7-16-8-6-10)20(18,19)11-3-4-12(14)13(15)9-11/h3-9H,2,15H2,1H3. The Morgan fingerprint density at radius 3 is 2.45 bits per heavy atom. The van der Waals surface area contributed by atoms with Gasteiger partial charge in [0, 0.05) is 18.9 Å². The molecule has 2 N–H and O–H groups in total. The number of halogens is 1. The largest absolute Gasteiger partial charge is 0.397 e. The minimum absolute atomic E-state index is 0.109. The Kier molecular flexibility index (Phi) is 4.15. The highest BCUT2D eigenvalue weighted by molar-refractivity contribution is 7.92. The Hall–Kier alpha value is -1.79. The van der Waals surface area contributed by atoms with Crippen molar-refractivity contribution in [3.63, 3.8) is 0 Å². The van der Waals surface area contributed by atoms with Gasteiger partial charge in [-0.15, -0.1) is 0 Å². The number of rotatable bonds is 4. The summed E-state index contributed by atoms with van der Waals surface area (Å²) >= 11 is 5.82. The van der Waals surface area contributed by atoms with Crippen molar-refractivity contribution in [3.05, 3.63) is 47.7 Å². The van der Waals surface area contributed by atoms with Crippen molar-refractivity contribution in [2.45, 2.75) is 11.8 Å². The molecule has 20 heavy (non-hydrogen) atoms. The Morgan fingerprint density at radius 1 is 1.25 bits per heavy atom. The number of benzene rings is 1. The monoisotopic (exact) mass is 311 g/mol. The van der Waals surface area contributed by atoms with E-state index in [1.54, 1.807) is 31.5 Å². The molecule has 0 saturated carbocycles. The summed E-state index contributed by atoms with van der Waals surface area (Å²) in [5.41, 5.74) is 6.46. The van der Waals surface area contributed by atoms with Crippen LogP contribution in [0.4, 0.5) is 11.4 Å². The molecule has 0 unspecified atom stereocenters. The summed E-state index contributed by atoms with van der Waals surface area (Å²) in [5.74, 6) is 0. The molecule has 0 bridgehead atoms. The van der Waals surface area contributed by atoms with E-state index in [4.69, 9.17) is 17.3 Å². The highest BCUT2D eigenvalue weighted by atomic mass is 35.5. The van der Waals surface area contributed by atoms with E-state index in [1.807, 2.05) is 0 Å². The first-order valence-electron chi connectivity index (χ1n) is 5.94. The fourth-order valence-corrected chi connectivity index (χ4v) is 3.44. The quantitative estimate of drug-likeness (QED) is 0.880. The fraction of sp³-hybridized carbons (Fsp3) is 0.154. The SMILES string of the molecule is CCN(c1ccncc1)S(=O)(=O)c1ccc(Cl)c(N)c1. The van der Waals surface area contributed by atoms with Crippen LogP contribution >= 0.6 is 11.6 Å². The predicted molar refractivity (Wildman–Crippen MR) is 80.3 cm³/mol. The normalized spacial score (nSPS) is 11.3. The molecule has 0 amide bonds. The zero-order valence-electron chi connectivity index (χ0n) is 10.8. The molecule has 1 aromatic heterocycles. The van der Waals surface area contributed by atoms with Crippen molar-refractivity contribution in [2.24, 2.45) is 0 Å². The van der Waals surface area contributed by atoms with Crippen LogP contribution in [0.5, 0.6) is 0 Å². The number of nitrogens with two attached hydrogens (primary N) is 1. The number of nitrogen functional groups attached to an aromatic ring is 1. The van der Waals surface area contributed by atoms with Crippen LogP contribution in [0.25, 0.3) is 0 Å². The molecule has 1 aromatic carbocycles. The van der Waals surface area contributed by atoms with Crippen LogP contribution in [0.3, 0.4) is 0 Å². The molecule has 2 rings (SSSR count). The Bertz CT molecular complexity index is 705. The van der Waals surface area contributed by atoms with Gasteiger partial charge in [0.1, 0.15) is 0 Å². The summed E-state index contributed by atoms with van der Waals surface area (Å²) in [6.07, 6.45) is 3.09. The van der Waals surface area contributed by atoms with E-state index < -0.39 is 10.0 Å². The number of hydrogen-bond donors (Lipinski definition) is 1. The molecule has 0 aliphatic heterocycles. The van der Waals surface area contributed by atoms with E-state index >= 15 is 0 Å². The average Bonchev–Trinajstić information content (AvgIpc) is 2.43. The van der Waals surface area contributed by atoms with Gasteiger partial charge in [0.25, 0.3) is 10.0 Å². The first kappa shape index (κ1) is 14.6. The van der Waals surface area contributed by atoms with E-state index in [2.05, 4.69) is 4.98 Å². The number of anilines is 2. The highest BCUT2D eigenvalue weighted by Gasteiger charge is 2.24. The molecule has 2 aromatic rings. The topological polar surface area (TPSA) is 76.3 Å². The van der Waals surface area contributed by atoms with E-state index in [0.29, 0.717) is 17.3 Å². The van der Waals surface area contributed by atoms with Gasteiger partial charge in [0.05, 0.1) is 21.3 Å². The molecule has 106 valence electrons. The van der Waals surface area contributed by atoms with Gasteiger partial charge in [0.2, 0.25) is 0 Å². The second-order valence-corrected chi connectivity index (χ2v) is 6.33. The van der Waals surface area contributed by atoms with Crippen LogP contribution in [-0.4, -0.2) is 19.9 Å². The van der Waals surface area contributed by atoms with E-state index in [0.717, 1.165) is 0 Å². The van der Waals surface area contributed by atoms with Crippen molar-refractivity contribution in [3.8, 4) is 0 Å². The Morgan fingerprint density at radius 2 is 1.90 bits per heavy atom. The third kappa shape index (κ3) is 2.71. The summed E-state index contributed by atoms with van der Waals surface area (Å²) in [4.78, 5) is 3.99. The summed E-state index contributed by atoms with van der Waals surface area (Å²) in [7, 11) is -3.68. The maximum atomic E-state index is 12.6. The van der Waals surface area contributed by atoms with Crippen LogP contribution < -0.4 is 10.0 Å². The number of aromatic nitrogens is 1. The second-order valence-electron chi connectivity index (χ2n) is 4.06. The van der Waals surface area contributed by atoms with Crippen LogP contribution in [0.2, 0.25) is 5.02 Å². The molecule has 0 radical (unpaired) electrons. The van der Waals surface area contributed by atoms with Crippen molar-refractivity contribution >= 4 is 33.0 Å². The molecule has 0 aliphatic rings. The van der Waals surface area contributed by atoms with Crippen molar-refractivity contribution in [1.29, 1.82) is 0 Å². The van der Waals surface area contributed by atoms with Crippen LogP contribution in [-0.2, 0) is 10.0 Å². The van der Waals surface area contributed by atoms with Crippen molar-refractivity contribution in [2.75, 3.05) is 16.6 Å². The van der Waals surface area contributed by atoms with Gasteiger partial charge in [-0.3, -0.25) is 9.29 Å². The average molecular weight is 312 g/mol. The lowest BCUT2D eigenvalue weighted by Gasteiger charge is -2.22. The number of sulfonamides is 1. The minimum atomic E-state index is -3.68. The van der Waals surface area contributed by atoms with Gasteiger partial charge in [-0.2, -0.15) is 0 Å². The molecule has 0 fully saturated rings. The minimum Gasteiger partial charge on any atom is -0.397 e. The van der Waals surface area contributed by atoms with E-state index in [9.17, 15) is 8.42 Å². The van der Waals surface area contributed by atoms with Gasteiger partial charge < -0.3 is 5.73 Å². The van der Waals surface area contributed by atoms with Crippen LogP contribution in [0.15, 0.2) is 47.6 Å². The maximum absolute atomic E-state index is 12.6. The van der Waals surface area contributed by atoms with Gasteiger partial charge in [-0.05, 0) is 37.3 Å².